The van der Waals surface area contributed by atoms with Crippen molar-refractivity contribution in [2.75, 3.05) is 13.1 Å². The van der Waals surface area contributed by atoms with E-state index in [9.17, 15) is 0 Å². The van der Waals surface area contributed by atoms with E-state index in [1.165, 1.54) is 12.1 Å². The molecule has 1 atom stereocenters. The smallest absolute Gasteiger partial charge is 0.0362 e. The Bertz CT molecular complexity index is 238. The molecule has 1 nitrogen and oxygen atoms in total. The summed E-state index contributed by atoms with van der Waals surface area (Å²) in [6, 6.07) is 0. The Morgan fingerprint density at radius 1 is 1.54 bits per heavy atom. The SMILES string of the molecule is C=C/C(=C\C(=C)C)N1CCC(C)C1. The first-order chi connectivity index (χ1) is 6.13. The normalized spacial score (nSPS) is 23.4. The topological polar surface area (TPSA) is 3.24 Å². The van der Waals surface area contributed by atoms with E-state index in [0.29, 0.717) is 0 Å². The van der Waals surface area contributed by atoms with Crippen LogP contribution in [0.5, 0.6) is 0 Å². The van der Waals surface area contributed by atoms with Gasteiger partial charge in [-0.2, -0.15) is 0 Å². The molecule has 1 unspecified atom stereocenters. The van der Waals surface area contributed by atoms with Gasteiger partial charge in [0.15, 0.2) is 0 Å². The summed E-state index contributed by atoms with van der Waals surface area (Å²) in [5, 5.41) is 0. The summed E-state index contributed by atoms with van der Waals surface area (Å²) in [5.41, 5.74) is 2.31. The first-order valence-corrected chi connectivity index (χ1v) is 4.88. The second-order valence-electron chi connectivity index (χ2n) is 3.96. The zero-order chi connectivity index (χ0) is 9.84. The van der Waals surface area contributed by atoms with E-state index in [-0.39, 0.29) is 0 Å². The number of likely N-dealkylation sites (tertiary alicyclic amines) is 1. The van der Waals surface area contributed by atoms with Gasteiger partial charge in [-0.15, -0.1) is 0 Å². The molecule has 0 aromatic rings. The lowest BCUT2D eigenvalue weighted by molar-refractivity contribution is 0.423. The molecule has 0 aromatic carbocycles. The molecule has 0 amide bonds. The minimum atomic E-state index is 0.813. The summed E-state index contributed by atoms with van der Waals surface area (Å²) in [4.78, 5) is 2.38. The molecular formula is C12H19N. The van der Waals surface area contributed by atoms with Crippen LogP contribution in [0.25, 0.3) is 0 Å². The fourth-order valence-corrected chi connectivity index (χ4v) is 1.70. The van der Waals surface area contributed by atoms with Crippen molar-refractivity contribution in [3.8, 4) is 0 Å². The van der Waals surface area contributed by atoms with Gasteiger partial charge in [-0.05, 0) is 31.4 Å². The van der Waals surface area contributed by atoms with E-state index >= 15 is 0 Å². The van der Waals surface area contributed by atoms with Crippen LogP contribution in [0.15, 0.2) is 36.6 Å². The van der Waals surface area contributed by atoms with E-state index in [2.05, 4.69) is 31.1 Å². The molecule has 13 heavy (non-hydrogen) atoms. The summed E-state index contributed by atoms with van der Waals surface area (Å²) in [7, 11) is 0. The molecular weight excluding hydrogens is 158 g/mol. The quantitative estimate of drug-likeness (QED) is 0.599. The van der Waals surface area contributed by atoms with Gasteiger partial charge in [0.25, 0.3) is 0 Å². The largest absolute Gasteiger partial charge is 0.371 e. The standard InChI is InChI=1S/C12H19N/c1-5-12(8-10(2)3)13-7-6-11(4)9-13/h5,8,11H,1-2,6-7,9H2,3-4H3/b12-8+. The van der Waals surface area contributed by atoms with Crippen molar-refractivity contribution in [1.82, 2.24) is 4.90 Å². The Morgan fingerprint density at radius 3 is 2.62 bits per heavy atom. The predicted octanol–water partition coefficient (Wildman–Crippen LogP) is 2.97. The third kappa shape index (κ3) is 2.76. The molecule has 0 radical (unpaired) electrons. The number of nitrogens with zero attached hydrogens (tertiary/aromatic N) is 1. The molecule has 1 heterocycles. The average Bonchev–Trinajstić information content (AvgIpc) is 2.47. The first kappa shape index (κ1) is 10.1. The van der Waals surface area contributed by atoms with Gasteiger partial charge in [-0.1, -0.05) is 25.7 Å². The van der Waals surface area contributed by atoms with Crippen molar-refractivity contribution in [3.63, 3.8) is 0 Å². The second kappa shape index (κ2) is 4.31. The molecule has 72 valence electrons. The second-order valence-corrected chi connectivity index (χ2v) is 3.96. The number of hydrogen-bond donors (Lipinski definition) is 0. The summed E-state index contributed by atoms with van der Waals surface area (Å²) in [6.07, 6.45) is 5.32. The van der Waals surface area contributed by atoms with Crippen LogP contribution in [0.4, 0.5) is 0 Å². The Morgan fingerprint density at radius 2 is 2.23 bits per heavy atom. The molecule has 1 fully saturated rings. The lowest BCUT2D eigenvalue weighted by atomic mass is 10.2. The maximum absolute atomic E-state index is 3.88. The van der Waals surface area contributed by atoms with Gasteiger partial charge in [-0.3, -0.25) is 0 Å². The highest BCUT2D eigenvalue weighted by atomic mass is 15.2. The van der Waals surface area contributed by atoms with Crippen LogP contribution in [0.3, 0.4) is 0 Å². The van der Waals surface area contributed by atoms with E-state index in [1.54, 1.807) is 0 Å². The van der Waals surface area contributed by atoms with Crippen LogP contribution < -0.4 is 0 Å². The van der Waals surface area contributed by atoms with Crippen LogP contribution in [0.2, 0.25) is 0 Å². The molecule has 1 rings (SSSR count). The van der Waals surface area contributed by atoms with Crippen molar-refractivity contribution in [1.29, 1.82) is 0 Å². The van der Waals surface area contributed by atoms with Crippen molar-refractivity contribution >= 4 is 0 Å². The first-order valence-electron chi connectivity index (χ1n) is 4.88. The molecule has 0 aromatic heterocycles. The third-order valence-electron chi connectivity index (χ3n) is 2.39. The number of hydrogen-bond acceptors (Lipinski definition) is 1. The summed E-state index contributed by atoms with van der Waals surface area (Å²) >= 11 is 0. The molecule has 1 saturated heterocycles. The van der Waals surface area contributed by atoms with Crippen LogP contribution in [-0.2, 0) is 0 Å². The monoisotopic (exact) mass is 177 g/mol. The Kier molecular flexibility index (Phi) is 3.35. The molecule has 1 aliphatic heterocycles. The molecule has 0 spiro atoms. The van der Waals surface area contributed by atoms with Gasteiger partial charge in [0.1, 0.15) is 0 Å². The highest BCUT2D eigenvalue weighted by Crippen LogP contribution is 2.20. The Balaban J connectivity index is 2.67. The lowest BCUT2D eigenvalue weighted by Gasteiger charge is -2.19. The zero-order valence-electron chi connectivity index (χ0n) is 8.71. The van der Waals surface area contributed by atoms with Crippen molar-refractivity contribution < 1.29 is 0 Å². The summed E-state index contributed by atoms with van der Waals surface area (Å²) < 4.78 is 0. The third-order valence-corrected chi connectivity index (χ3v) is 2.39. The van der Waals surface area contributed by atoms with Gasteiger partial charge in [0, 0.05) is 18.8 Å². The molecule has 0 aliphatic carbocycles. The van der Waals surface area contributed by atoms with Crippen LogP contribution >= 0.6 is 0 Å². The van der Waals surface area contributed by atoms with Gasteiger partial charge >= 0.3 is 0 Å². The molecule has 0 N–H and O–H groups in total. The molecule has 0 saturated carbocycles. The van der Waals surface area contributed by atoms with Crippen LogP contribution in [0, 0.1) is 5.92 Å². The maximum Gasteiger partial charge on any atom is 0.0362 e. The Hall–Kier alpha value is -0.980. The zero-order valence-corrected chi connectivity index (χ0v) is 8.71. The number of allylic oxidation sites excluding steroid dienone is 3. The summed E-state index contributed by atoms with van der Waals surface area (Å²) in [6.45, 7) is 14.3. The van der Waals surface area contributed by atoms with E-state index < -0.39 is 0 Å². The van der Waals surface area contributed by atoms with Gasteiger partial charge < -0.3 is 4.90 Å². The van der Waals surface area contributed by atoms with Crippen LogP contribution in [0.1, 0.15) is 20.3 Å². The van der Waals surface area contributed by atoms with Gasteiger partial charge in [0.2, 0.25) is 0 Å². The van der Waals surface area contributed by atoms with Crippen molar-refractivity contribution in [2.45, 2.75) is 20.3 Å². The van der Waals surface area contributed by atoms with Crippen molar-refractivity contribution in [3.05, 3.63) is 36.6 Å². The fraction of sp³-hybridized carbons (Fsp3) is 0.500. The predicted molar refractivity (Wildman–Crippen MR) is 58.4 cm³/mol. The van der Waals surface area contributed by atoms with Crippen LogP contribution in [-0.4, -0.2) is 18.0 Å². The highest BCUT2D eigenvalue weighted by molar-refractivity contribution is 5.25. The van der Waals surface area contributed by atoms with Gasteiger partial charge in [-0.25, -0.2) is 0 Å². The van der Waals surface area contributed by atoms with Gasteiger partial charge in [0.05, 0.1) is 0 Å². The average molecular weight is 177 g/mol. The molecule has 1 aliphatic rings. The van der Waals surface area contributed by atoms with Crippen molar-refractivity contribution in [2.24, 2.45) is 5.92 Å². The minimum absolute atomic E-state index is 0.813. The summed E-state index contributed by atoms with van der Waals surface area (Å²) in [5.74, 6) is 0.813. The van der Waals surface area contributed by atoms with E-state index in [0.717, 1.165) is 24.6 Å². The molecule has 1 heteroatoms. The minimum Gasteiger partial charge on any atom is -0.371 e. The van der Waals surface area contributed by atoms with E-state index in [1.807, 2.05) is 13.0 Å². The lowest BCUT2D eigenvalue weighted by Crippen LogP contribution is -2.18. The maximum atomic E-state index is 3.88. The Labute approximate surface area is 81.4 Å². The number of rotatable bonds is 3. The fourth-order valence-electron chi connectivity index (χ4n) is 1.70. The highest BCUT2D eigenvalue weighted by Gasteiger charge is 2.18. The van der Waals surface area contributed by atoms with E-state index in [4.69, 9.17) is 0 Å². The molecule has 0 bridgehead atoms.